The summed E-state index contributed by atoms with van der Waals surface area (Å²) in [6, 6.07) is -0.561. The first-order valence-electron chi connectivity index (χ1n) is 5.07. The third-order valence-electron chi connectivity index (χ3n) is 2.31. The lowest BCUT2D eigenvalue weighted by Crippen LogP contribution is -2.49. The summed E-state index contributed by atoms with van der Waals surface area (Å²) in [5.74, 6) is 0. The third kappa shape index (κ3) is 4.34. The second kappa shape index (κ2) is 6.51. The van der Waals surface area contributed by atoms with E-state index in [4.69, 9.17) is 9.47 Å². The summed E-state index contributed by atoms with van der Waals surface area (Å²) in [5, 5.41) is 0. The average Bonchev–Trinajstić information content (AvgIpc) is 2.17. The summed E-state index contributed by atoms with van der Waals surface area (Å²) in [6.07, 6.45) is -0.602. The molecule has 0 spiro atoms. The normalized spacial score (nSPS) is 15.1. The fourth-order valence-corrected chi connectivity index (χ4v) is 2.46. The highest BCUT2D eigenvalue weighted by Crippen LogP contribution is 2.05. The highest BCUT2D eigenvalue weighted by molar-refractivity contribution is 7.87. The summed E-state index contributed by atoms with van der Waals surface area (Å²) < 4.78 is 37.3. The number of methoxy groups -OCH3 is 2. The highest BCUT2D eigenvalue weighted by atomic mass is 32.2. The molecule has 6 nitrogen and oxygen atoms in total. The molecule has 0 aliphatic carbocycles. The van der Waals surface area contributed by atoms with Crippen LogP contribution >= 0.6 is 0 Å². The van der Waals surface area contributed by atoms with Crippen LogP contribution in [0.5, 0.6) is 0 Å². The fourth-order valence-electron chi connectivity index (χ4n) is 1.16. The molecule has 0 saturated heterocycles. The van der Waals surface area contributed by atoms with Gasteiger partial charge in [-0.2, -0.15) is 17.4 Å². The van der Waals surface area contributed by atoms with Crippen molar-refractivity contribution in [3.8, 4) is 0 Å². The molecule has 7 heteroatoms. The quantitative estimate of drug-likeness (QED) is 0.658. The van der Waals surface area contributed by atoms with Gasteiger partial charge in [-0.15, -0.1) is 0 Å². The molecule has 0 rings (SSSR count). The van der Waals surface area contributed by atoms with Gasteiger partial charge in [0.2, 0.25) is 0 Å². The number of nitrogens with one attached hydrogen (secondary N) is 1. The van der Waals surface area contributed by atoms with Gasteiger partial charge < -0.3 is 9.47 Å². The summed E-state index contributed by atoms with van der Waals surface area (Å²) in [7, 11) is 0.948. The van der Waals surface area contributed by atoms with Crippen LogP contribution in [0.4, 0.5) is 0 Å². The van der Waals surface area contributed by atoms with Gasteiger partial charge in [0.25, 0.3) is 10.2 Å². The van der Waals surface area contributed by atoms with E-state index in [0.29, 0.717) is 0 Å². The Morgan fingerprint density at radius 3 is 1.88 bits per heavy atom. The molecule has 0 aromatic rings. The van der Waals surface area contributed by atoms with E-state index >= 15 is 0 Å². The third-order valence-corrected chi connectivity index (χ3v) is 4.16. The fraction of sp³-hybridized carbons (Fsp3) is 1.00. The Bertz CT molecular complexity index is 288. The van der Waals surface area contributed by atoms with Crippen LogP contribution in [0.1, 0.15) is 20.8 Å². The van der Waals surface area contributed by atoms with Gasteiger partial charge in [0.1, 0.15) is 0 Å². The number of hydrogen-bond donors (Lipinski definition) is 1. The summed E-state index contributed by atoms with van der Waals surface area (Å²) in [5.41, 5.74) is 0. The van der Waals surface area contributed by atoms with E-state index < -0.39 is 22.5 Å². The minimum absolute atomic E-state index is 0.103. The number of hydrogen-bond acceptors (Lipinski definition) is 4. The van der Waals surface area contributed by atoms with Crippen LogP contribution < -0.4 is 4.72 Å². The Morgan fingerprint density at radius 1 is 1.12 bits per heavy atom. The van der Waals surface area contributed by atoms with Crippen molar-refractivity contribution >= 4 is 10.2 Å². The highest BCUT2D eigenvalue weighted by Gasteiger charge is 2.26. The number of ether oxygens (including phenoxy) is 2. The minimum Gasteiger partial charge on any atom is -0.354 e. The van der Waals surface area contributed by atoms with E-state index in [1.807, 2.05) is 0 Å². The lowest BCUT2D eigenvalue weighted by Gasteiger charge is -2.26. The first-order chi connectivity index (χ1) is 7.26. The van der Waals surface area contributed by atoms with Gasteiger partial charge in [-0.3, -0.25) is 0 Å². The molecule has 0 amide bonds. The molecule has 0 bridgehead atoms. The predicted octanol–water partition coefficient (Wildman–Crippen LogP) is 0.168. The molecule has 0 aromatic heterocycles. The van der Waals surface area contributed by atoms with E-state index in [1.165, 1.54) is 25.6 Å². The smallest absolute Gasteiger partial charge is 0.279 e. The van der Waals surface area contributed by atoms with Crippen LogP contribution in [0.2, 0.25) is 0 Å². The molecule has 1 atom stereocenters. The van der Waals surface area contributed by atoms with E-state index in [9.17, 15) is 8.42 Å². The molecule has 1 unspecified atom stereocenters. The van der Waals surface area contributed by atoms with Crippen molar-refractivity contribution in [3.05, 3.63) is 0 Å². The van der Waals surface area contributed by atoms with Crippen LogP contribution in [0, 0.1) is 0 Å². The number of rotatable bonds is 7. The van der Waals surface area contributed by atoms with Crippen molar-refractivity contribution in [3.63, 3.8) is 0 Å². The first kappa shape index (κ1) is 15.8. The van der Waals surface area contributed by atoms with Gasteiger partial charge in [0.15, 0.2) is 6.29 Å². The second-order valence-corrected chi connectivity index (χ2v) is 5.62. The zero-order valence-corrected chi connectivity index (χ0v) is 11.5. The van der Waals surface area contributed by atoms with Crippen molar-refractivity contribution in [1.82, 2.24) is 9.03 Å². The van der Waals surface area contributed by atoms with E-state index in [2.05, 4.69) is 4.72 Å². The maximum absolute atomic E-state index is 11.8. The van der Waals surface area contributed by atoms with Gasteiger partial charge in [0, 0.05) is 27.3 Å². The lowest BCUT2D eigenvalue weighted by atomic mass is 10.3. The van der Waals surface area contributed by atoms with Crippen molar-refractivity contribution in [2.24, 2.45) is 0 Å². The molecule has 0 aliphatic rings. The van der Waals surface area contributed by atoms with Crippen molar-refractivity contribution in [1.29, 1.82) is 0 Å². The molecule has 0 heterocycles. The maximum atomic E-state index is 11.8. The van der Waals surface area contributed by atoms with Crippen molar-refractivity contribution in [2.45, 2.75) is 39.1 Å². The maximum Gasteiger partial charge on any atom is 0.279 e. The van der Waals surface area contributed by atoms with Crippen molar-refractivity contribution in [2.75, 3.05) is 21.3 Å². The van der Waals surface area contributed by atoms with Crippen molar-refractivity contribution < 1.29 is 17.9 Å². The van der Waals surface area contributed by atoms with Crippen LogP contribution in [-0.2, 0) is 19.7 Å². The molecule has 98 valence electrons. The van der Waals surface area contributed by atoms with Gasteiger partial charge in [-0.1, -0.05) is 0 Å². The molecule has 1 N–H and O–H groups in total. The van der Waals surface area contributed by atoms with Crippen LogP contribution in [-0.4, -0.2) is 52.4 Å². The molecule has 0 fully saturated rings. The molecular weight excluding hydrogens is 232 g/mol. The van der Waals surface area contributed by atoms with Gasteiger partial charge in [0.05, 0.1) is 6.04 Å². The molecular formula is C9H22N2O4S. The molecule has 0 aromatic carbocycles. The average molecular weight is 254 g/mol. The molecule has 0 radical (unpaired) electrons. The van der Waals surface area contributed by atoms with E-state index in [1.54, 1.807) is 20.8 Å². The van der Waals surface area contributed by atoms with Gasteiger partial charge >= 0.3 is 0 Å². The summed E-state index contributed by atoms with van der Waals surface area (Å²) in [4.78, 5) is 0. The van der Waals surface area contributed by atoms with E-state index in [0.717, 1.165) is 0 Å². The largest absolute Gasteiger partial charge is 0.354 e. The molecule has 0 aliphatic heterocycles. The first-order valence-corrected chi connectivity index (χ1v) is 6.51. The van der Waals surface area contributed by atoms with Gasteiger partial charge in [-0.05, 0) is 20.8 Å². The Balaban J connectivity index is 4.59. The van der Waals surface area contributed by atoms with Gasteiger partial charge in [-0.25, -0.2) is 0 Å². The Labute approximate surface area is 98.1 Å². The van der Waals surface area contributed by atoms with Crippen LogP contribution in [0.15, 0.2) is 0 Å². The minimum atomic E-state index is -3.50. The monoisotopic (exact) mass is 254 g/mol. The zero-order chi connectivity index (χ0) is 12.9. The lowest BCUT2D eigenvalue weighted by molar-refractivity contribution is -0.115. The zero-order valence-electron chi connectivity index (χ0n) is 10.7. The van der Waals surface area contributed by atoms with Crippen LogP contribution in [0.3, 0.4) is 0 Å². The SMILES string of the molecule is COC(OC)C(C)NS(=O)(=O)N(C)C(C)C. The Morgan fingerprint density at radius 2 is 1.56 bits per heavy atom. The Hall–Kier alpha value is -0.210. The van der Waals surface area contributed by atoms with Crippen LogP contribution in [0.25, 0.3) is 0 Å². The predicted molar refractivity (Wildman–Crippen MR) is 62.2 cm³/mol. The second-order valence-electron chi connectivity index (χ2n) is 3.86. The standard InChI is InChI=1S/C9H22N2O4S/c1-7(2)11(4)16(12,13)10-8(3)9(14-5)15-6/h7-10H,1-6H3. The summed E-state index contributed by atoms with van der Waals surface area (Å²) >= 11 is 0. The van der Waals surface area contributed by atoms with E-state index in [-0.39, 0.29) is 6.04 Å². The molecule has 16 heavy (non-hydrogen) atoms. The topological polar surface area (TPSA) is 67.9 Å². The summed E-state index contributed by atoms with van der Waals surface area (Å²) in [6.45, 7) is 5.28. The Kier molecular flexibility index (Phi) is 6.42. The molecule has 0 saturated carbocycles. The number of nitrogens with zero attached hydrogens (tertiary/aromatic N) is 1.